The van der Waals surface area contributed by atoms with Crippen molar-refractivity contribution in [3.05, 3.63) is 53.9 Å². The molecule has 2 fully saturated rings. The quantitative estimate of drug-likeness (QED) is 0.458. The van der Waals surface area contributed by atoms with Crippen LogP contribution in [0.5, 0.6) is 0 Å². The van der Waals surface area contributed by atoms with Crippen LogP contribution in [0.25, 0.3) is 20.9 Å². The summed E-state index contributed by atoms with van der Waals surface area (Å²) < 4.78 is 1.03. The molecule has 4 aromatic rings. The minimum absolute atomic E-state index is 0.156. The van der Waals surface area contributed by atoms with E-state index in [1.165, 1.54) is 0 Å². The second-order valence-electron chi connectivity index (χ2n) is 9.18. The molecule has 0 spiro atoms. The van der Waals surface area contributed by atoms with E-state index in [2.05, 4.69) is 46.2 Å². The van der Waals surface area contributed by atoms with Gasteiger partial charge in [0.2, 0.25) is 0 Å². The van der Waals surface area contributed by atoms with Gasteiger partial charge in [0, 0.05) is 43.4 Å². The summed E-state index contributed by atoms with van der Waals surface area (Å²) in [6.45, 7) is 5.88. The molecule has 0 aromatic carbocycles. The molecule has 2 bridgehead atoms. The average molecular weight is 459 g/mol. The third-order valence-electron chi connectivity index (χ3n) is 6.90. The first-order chi connectivity index (χ1) is 16.0. The van der Waals surface area contributed by atoms with Crippen molar-refractivity contribution in [3.8, 4) is 10.7 Å². The standard InChI is InChI=1S/C25H26N6OS/c1-14-4-3-9-26-22(14)25-28-18-10-21(27-11-19(18)33-25)29-20-8-5-15(2)24(30-20)31-12-16-6-7-17(13-31)23(16)32/h3-5,8-11,16-17,23,32H,6-7,12-13H2,1-2H3,(H,27,29,30)/t16-,17+,23?. The molecule has 1 saturated heterocycles. The lowest BCUT2D eigenvalue weighted by molar-refractivity contribution is 0.0790. The zero-order valence-electron chi connectivity index (χ0n) is 18.7. The van der Waals surface area contributed by atoms with Crippen LogP contribution in [0.1, 0.15) is 24.0 Å². The predicted octanol–water partition coefficient (Wildman–Crippen LogP) is 4.72. The van der Waals surface area contributed by atoms with Gasteiger partial charge in [-0.15, -0.1) is 11.3 Å². The molecule has 6 rings (SSSR count). The van der Waals surface area contributed by atoms with Gasteiger partial charge in [-0.3, -0.25) is 4.98 Å². The van der Waals surface area contributed by atoms with Crippen LogP contribution in [0.4, 0.5) is 17.5 Å². The van der Waals surface area contributed by atoms with Crippen LogP contribution in [0.2, 0.25) is 0 Å². The highest BCUT2D eigenvalue weighted by atomic mass is 32.1. The molecule has 0 amide bonds. The Kier molecular flexibility index (Phi) is 4.99. The van der Waals surface area contributed by atoms with Gasteiger partial charge in [-0.25, -0.2) is 15.0 Å². The van der Waals surface area contributed by atoms with E-state index in [1.807, 2.05) is 24.4 Å². The summed E-state index contributed by atoms with van der Waals surface area (Å²) in [5, 5.41) is 14.7. The van der Waals surface area contributed by atoms with Crippen molar-refractivity contribution in [2.24, 2.45) is 11.8 Å². The molecule has 168 valence electrons. The number of fused-ring (bicyclic) bond motifs is 3. The Hall–Kier alpha value is -3.10. The van der Waals surface area contributed by atoms with Gasteiger partial charge in [-0.2, -0.15) is 0 Å². The second-order valence-corrected chi connectivity index (χ2v) is 10.2. The van der Waals surface area contributed by atoms with Crippen LogP contribution in [0, 0.1) is 25.7 Å². The fraction of sp³-hybridized carbons (Fsp3) is 0.360. The summed E-state index contributed by atoms with van der Waals surface area (Å²) in [7, 11) is 0. The minimum Gasteiger partial charge on any atom is -0.392 e. The first kappa shape index (κ1) is 20.5. The van der Waals surface area contributed by atoms with Crippen LogP contribution >= 0.6 is 11.3 Å². The number of aliphatic hydroxyl groups is 1. The van der Waals surface area contributed by atoms with Crippen molar-refractivity contribution in [2.45, 2.75) is 32.8 Å². The van der Waals surface area contributed by atoms with E-state index in [4.69, 9.17) is 9.97 Å². The van der Waals surface area contributed by atoms with E-state index in [0.29, 0.717) is 17.7 Å². The van der Waals surface area contributed by atoms with Gasteiger partial charge in [0.1, 0.15) is 28.2 Å². The Balaban J connectivity index is 1.26. The summed E-state index contributed by atoms with van der Waals surface area (Å²) in [6.07, 6.45) is 5.72. The van der Waals surface area contributed by atoms with Crippen molar-refractivity contribution in [3.63, 3.8) is 0 Å². The number of pyridine rings is 3. The van der Waals surface area contributed by atoms with Crippen molar-refractivity contribution in [1.82, 2.24) is 19.9 Å². The van der Waals surface area contributed by atoms with Gasteiger partial charge in [0.25, 0.3) is 0 Å². The molecule has 5 heterocycles. The van der Waals surface area contributed by atoms with Gasteiger partial charge >= 0.3 is 0 Å². The van der Waals surface area contributed by atoms with E-state index in [9.17, 15) is 5.11 Å². The number of hydrogen-bond acceptors (Lipinski definition) is 8. The number of aryl methyl sites for hydroxylation is 2. The van der Waals surface area contributed by atoms with Crippen LogP contribution in [-0.2, 0) is 0 Å². The third-order valence-corrected chi connectivity index (χ3v) is 7.91. The number of aliphatic hydroxyl groups excluding tert-OH is 1. The number of piperidine rings is 1. The number of thiazole rings is 1. The molecule has 2 aliphatic rings. The van der Waals surface area contributed by atoms with E-state index in [1.54, 1.807) is 17.5 Å². The zero-order chi connectivity index (χ0) is 22.5. The average Bonchev–Trinajstić information content (AvgIpc) is 3.30. The lowest BCUT2D eigenvalue weighted by Gasteiger charge is -2.37. The van der Waals surface area contributed by atoms with Crippen LogP contribution in [0.3, 0.4) is 0 Å². The van der Waals surface area contributed by atoms with Gasteiger partial charge < -0.3 is 15.3 Å². The first-order valence-electron chi connectivity index (χ1n) is 11.4. The minimum atomic E-state index is -0.156. The molecule has 7 nitrogen and oxygen atoms in total. The summed E-state index contributed by atoms with van der Waals surface area (Å²) in [4.78, 5) is 21.2. The van der Waals surface area contributed by atoms with E-state index >= 15 is 0 Å². The lowest BCUT2D eigenvalue weighted by Crippen LogP contribution is -2.45. The molecule has 4 aromatic heterocycles. The van der Waals surface area contributed by atoms with Crippen LogP contribution < -0.4 is 10.2 Å². The zero-order valence-corrected chi connectivity index (χ0v) is 19.5. The first-order valence-corrected chi connectivity index (χ1v) is 12.2. The highest BCUT2D eigenvalue weighted by Gasteiger charge is 2.41. The van der Waals surface area contributed by atoms with Gasteiger partial charge in [0.15, 0.2) is 0 Å². The summed E-state index contributed by atoms with van der Waals surface area (Å²) in [5.74, 6) is 3.18. The highest BCUT2D eigenvalue weighted by molar-refractivity contribution is 7.21. The number of anilines is 3. The van der Waals surface area contributed by atoms with Gasteiger partial charge in [-0.1, -0.05) is 12.1 Å². The fourth-order valence-electron chi connectivity index (χ4n) is 5.12. The monoisotopic (exact) mass is 458 g/mol. The van der Waals surface area contributed by atoms with Crippen molar-refractivity contribution in [1.29, 1.82) is 0 Å². The largest absolute Gasteiger partial charge is 0.392 e. The molecular formula is C25H26N6OS. The predicted molar refractivity (Wildman–Crippen MR) is 132 cm³/mol. The molecule has 0 radical (unpaired) electrons. The molecular weight excluding hydrogens is 432 g/mol. The SMILES string of the molecule is Cc1cccnc1-c1nc2cc(Nc3ccc(C)c(N4C[C@H]5CC[C@@H](C4)C5O)n3)ncc2s1. The van der Waals surface area contributed by atoms with Crippen molar-refractivity contribution >= 4 is 39.0 Å². The number of rotatable bonds is 4. The number of nitrogens with one attached hydrogen (secondary N) is 1. The van der Waals surface area contributed by atoms with E-state index in [-0.39, 0.29) is 6.10 Å². The van der Waals surface area contributed by atoms with Crippen LogP contribution in [0.15, 0.2) is 42.7 Å². The fourth-order valence-corrected chi connectivity index (χ4v) is 6.10. The molecule has 1 saturated carbocycles. The molecule has 3 atom stereocenters. The summed E-state index contributed by atoms with van der Waals surface area (Å²) >= 11 is 1.60. The molecule has 1 unspecified atom stereocenters. The Morgan fingerprint density at radius 3 is 2.61 bits per heavy atom. The Morgan fingerprint density at radius 1 is 1.00 bits per heavy atom. The number of aromatic nitrogens is 4. The normalized spacial score (nSPS) is 22.2. The van der Waals surface area contributed by atoms with E-state index < -0.39 is 0 Å². The van der Waals surface area contributed by atoms with Crippen LogP contribution in [-0.4, -0.2) is 44.2 Å². The second kappa shape index (κ2) is 8.04. The van der Waals surface area contributed by atoms with Gasteiger partial charge in [-0.05, 0) is 49.9 Å². The third kappa shape index (κ3) is 3.73. The van der Waals surface area contributed by atoms with E-state index in [0.717, 1.165) is 69.6 Å². The maximum absolute atomic E-state index is 10.4. The molecule has 1 aliphatic carbocycles. The topological polar surface area (TPSA) is 87.1 Å². The highest BCUT2D eigenvalue weighted by Crippen LogP contribution is 2.39. The maximum Gasteiger partial charge on any atom is 0.143 e. The Bertz CT molecular complexity index is 1320. The Labute approximate surface area is 196 Å². The lowest BCUT2D eigenvalue weighted by atomic mass is 9.95. The van der Waals surface area contributed by atoms with Crippen molar-refractivity contribution in [2.75, 3.05) is 23.3 Å². The number of nitrogens with zero attached hydrogens (tertiary/aromatic N) is 5. The smallest absolute Gasteiger partial charge is 0.143 e. The van der Waals surface area contributed by atoms with Gasteiger partial charge in [0.05, 0.1) is 16.3 Å². The molecule has 33 heavy (non-hydrogen) atoms. The molecule has 1 aliphatic heterocycles. The summed E-state index contributed by atoms with van der Waals surface area (Å²) in [6, 6.07) is 10.0. The summed E-state index contributed by atoms with van der Waals surface area (Å²) in [5.41, 5.74) is 4.07. The molecule has 2 N–H and O–H groups in total. The maximum atomic E-state index is 10.4. The Morgan fingerprint density at radius 2 is 1.82 bits per heavy atom. The molecule has 8 heteroatoms. The van der Waals surface area contributed by atoms with Crippen molar-refractivity contribution < 1.29 is 5.11 Å². The number of hydrogen-bond donors (Lipinski definition) is 2.